The first-order valence-electron chi connectivity index (χ1n) is 19.8. The fourth-order valence-electron chi connectivity index (χ4n) is 5.23. The lowest BCUT2D eigenvalue weighted by molar-refractivity contribution is 1.08. The lowest BCUT2D eigenvalue weighted by Gasteiger charge is -2.11. The molecule has 0 aliphatic rings. The summed E-state index contributed by atoms with van der Waals surface area (Å²) in [4.78, 5) is 13.7. The summed E-state index contributed by atoms with van der Waals surface area (Å²) >= 11 is 0. The van der Waals surface area contributed by atoms with Crippen LogP contribution in [0, 0.1) is 0 Å². The summed E-state index contributed by atoms with van der Waals surface area (Å²) in [6, 6.07) is 22.1. The lowest BCUT2D eigenvalue weighted by atomic mass is 9.96. The topological polar surface area (TPSA) is 38.7 Å². The highest BCUT2D eigenvalue weighted by atomic mass is 15.0. The quantitative estimate of drug-likeness (QED) is 0.206. The molecule has 0 radical (unpaired) electrons. The van der Waals surface area contributed by atoms with E-state index in [4.69, 9.17) is 16.4 Å². The van der Waals surface area contributed by atoms with Crippen molar-refractivity contribution in [2.75, 3.05) is 0 Å². The molecule has 0 aliphatic carbocycles. The van der Waals surface area contributed by atoms with Gasteiger partial charge in [0.05, 0.1) is 16.4 Å². The van der Waals surface area contributed by atoms with E-state index in [-0.39, 0.29) is 39.4 Å². The zero-order valence-electron chi connectivity index (χ0n) is 35.0. The Balaban J connectivity index is 1.35. The van der Waals surface area contributed by atoms with Gasteiger partial charge in [-0.25, -0.2) is 15.0 Å². The number of aromatic nitrogens is 3. The first-order chi connectivity index (χ1) is 26.8. The molecule has 0 bridgehead atoms. The average Bonchev–Trinajstić information content (AvgIpc) is 3.22. The van der Waals surface area contributed by atoms with Gasteiger partial charge in [0, 0.05) is 16.7 Å². The van der Waals surface area contributed by atoms with Crippen molar-refractivity contribution in [3.05, 3.63) is 164 Å². The van der Waals surface area contributed by atoms with E-state index in [9.17, 15) is 0 Å². The van der Waals surface area contributed by atoms with Crippen molar-refractivity contribution in [2.45, 2.75) is 0 Å². The summed E-state index contributed by atoms with van der Waals surface area (Å²) in [6.07, 6.45) is 0. The summed E-state index contributed by atoms with van der Waals surface area (Å²) in [5.41, 5.74) is 3.49. The van der Waals surface area contributed by atoms with Gasteiger partial charge in [-0.15, -0.1) is 0 Å². The van der Waals surface area contributed by atoms with Crippen LogP contribution in [0.15, 0.2) is 164 Å². The van der Waals surface area contributed by atoms with E-state index in [1.165, 1.54) is 0 Å². The molecule has 0 aliphatic heterocycles. The monoisotopic (exact) mass is 573 g/mol. The Morgan fingerprint density at radius 1 is 0.364 bits per heavy atom. The lowest BCUT2D eigenvalue weighted by Crippen LogP contribution is -2.00. The minimum atomic E-state index is -0.641. The first kappa shape index (κ1) is 16.1. The number of hydrogen-bond donors (Lipinski definition) is 0. The molecule has 1 aromatic heterocycles. The van der Waals surface area contributed by atoms with Gasteiger partial charge in [-0.05, 0) is 49.9 Å². The molecular formula is C41H27N3. The highest BCUT2D eigenvalue weighted by molar-refractivity contribution is 5.97. The van der Waals surface area contributed by atoms with Crippen molar-refractivity contribution in [1.82, 2.24) is 15.0 Å². The van der Waals surface area contributed by atoms with E-state index in [0.717, 1.165) is 33.0 Å². The zero-order valence-corrected chi connectivity index (χ0v) is 23.0. The highest BCUT2D eigenvalue weighted by Crippen LogP contribution is 2.33. The molecule has 3 nitrogen and oxygen atoms in total. The standard InChI is InChI=1S/C41H27N3/c1-2-13-32(14-3-1)39-42-40(44-41(43-39)38-22-10-16-30-12-5-7-20-37(30)38)34-18-8-17-33(27-34)28-23-25-31(26-24-28)36-21-9-15-29-11-4-6-19-35(29)36/h1-27H/i1D,2D,3D,5D,7D,10D,12D,13D,14D,16D,20D,22D. The number of rotatable bonds is 5. The van der Waals surface area contributed by atoms with Gasteiger partial charge in [0.25, 0.3) is 0 Å². The molecule has 0 fully saturated rings. The van der Waals surface area contributed by atoms with Gasteiger partial charge in [-0.1, -0.05) is 157 Å². The van der Waals surface area contributed by atoms with Crippen LogP contribution in [0.1, 0.15) is 16.4 Å². The predicted octanol–water partition coefficient (Wildman–Crippen LogP) is 10.5. The summed E-state index contributed by atoms with van der Waals surface area (Å²) in [7, 11) is 0. The van der Waals surface area contributed by atoms with Gasteiger partial charge in [-0.2, -0.15) is 0 Å². The Hall–Kier alpha value is -5.93. The van der Waals surface area contributed by atoms with Gasteiger partial charge in [-0.3, -0.25) is 0 Å². The molecule has 3 heteroatoms. The van der Waals surface area contributed by atoms with Crippen LogP contribution >= 0.6 is 0 Å². The largest absolute Gasteiger partial charge is 0.208 e. The second-order valence-corrected chi connectivity index (χ2v) is 9.99. The van der Waals surface area contributed by atoms with Crippen molar-refractivity contribution in [1.29, 1.82) is 0 Å². The molecule has 0 spiro atoms. The maximum Gasteiger partial charge on any atom is 0.164 e. The van der Waals surface area contributed by atoms with Gasteiger partial charge >= 0.3 is 0 Å². The Labute approximate surface area is 273 Å². The van der Waals surface area contributed by atoms with Gasteiger partial charge in [0.2, 0.25) is 0 Å². The molecule has 0 saturated heterocycles. The maximum atomic E-state index is 8.93. The van der Waals surface area contributed by atoms with Crippen LogP contribution in [-0.4, -0.2) is 15.0 Å². The van der Waals surface area contributed by atoms with Crippen LogP contribution in [0.4, 0.5) is 0 Å². The van der Waals surface area contributed by atoms with E-state index in [2.05, 4.69) is 39.2 Å². The minimum Gasteiger partial charge on any atom is -0.208 e. The van der Waals surface area contributed by atoms with Crippen LogP contribution in [0.3, 0.4) is 0 Å². The summed E-state index contributed by atoms with van der Waals surface area (Å²) in [5, 5.41) is 1.67. The summed E-state index contributed by atoms with van der Waals surface area (Å²) < 4.78 is 102. The van der Waals surface area contributed by atoms with E-state index < -0.39 is 72.5 Å². The summed E-state index contributed by atoms with van der Waals surface area (Å²) in [5.74, 6) is -0.752. The molecule has 0 unspecified atom stereocenters. The second kappa shape index (κ2) is 11.0. The molecular weight excluding hydrogens is 534 g/mol. The molecule has 206 valence electrons. The van der Waals surface area contributed by atoms with Gasteiger partial charge in [0.15, 0.2) is 17.5 Å². The Morgan fingerprint density at radius 2 is 1.02 bits per heavy atom. The van der Waals surface area contributed by atoms with Crippen molar-refractivity contribution in [3.63, 3.8) is 0 Å². The van der Waals surface area contributed by atoms with Crippen LogP contribution in [0.5, 0.6) is 0 Å². The van der Waals surface area contributed by atoms with Crippen LogP contribution in [0.25, 0.3) is 78.0 Å². The highest BCUT2D eigenvalue weighted by Gasteiger charge is 2.15. The third-order valence-electron chi connectivity index (χ3n) is 7.33. The Bertz CT molecular complexity index is 2910. The fourth-order valence-corrected chi connectivity index (χ4v) is 5.23. The molecule has 0 saturated carbocycles. The van der Waals surface area contributed by atoms with E-state index in [1.54, 1.807) is 18.2 Å². The number of benzene rings is 7. The van der Waals surface area contributed by atoms with Crippen molar-refractivity contribution in [3.8, 4) is 56.4 Å². The molecule has 8 rings (SSSR count). The Morgan fingerprint density at radius 3 is 1.91 bits per heavy atom. The van der Waals surface area contributed by atoms with Crippen molar-refractivity contribution < 1.29 is 16.4 Å². The molecule has 0 atom stereocenters. The molecule has 44 heavy (non-hydrogen) atoms. The van der Waals surface area contributed by atoms with Gasteiger partial charge in [0.1, 0.15) is 0 Å². The molecule has 8 aromatic rings. The first-order valence-corrected chi connectivity index (χ1v) is 13.8. The van der Waals surface area contributed by atoms with Crippen LogP contribution in [-0.2, 0) is 0 Å². The third kappa shape index (κ3) is 4.81. The Kier molecular flexibility index (Phi) is 4.03. The smallest absolute Gasteiger partial charge is 0.164 e. The van der Waals surface area contributed by atoms with Crippen molar-refractivity contribution in [2.24, 2.45) is 0 Å². The average molecular weight is 574 g/mol. The van der Waals surface area contributed by atoms with E-state index >= 15 is 0 Å². The van der Waals surface area contributed by atoms with E-state index in [1.807, 2.05) is 48.5 Å². The SMILES string of the molecule is [2H]c1c([2H])c([2H])c(-c2nc(-c3cccc(-c4ccc(-c5cccc6ccccc56)cc4)c3)nc(-c3c([2H])c([2H])c([2H])c4c([2H])c([2H])c([2H])c([2H])c34)n2)c([2H])c1[2H]. The number of fused-ring (bicyclic) bond motifs is 2. The summed E-state index contributed by atoms with van der Waals surface area (Å²) in [6.45, 7) is 0. The number of nitrogens with zero attached hydrogens (tertiary/aromatic N) is 3. The fraction of sp³-hybridized carbons (Fsp3) is 0. The van der Waals surface area contributed by atoms with Crippen LogP contribution in [0.2, 0.25) is 0 Å². The normalized spacial score (nSPS) is 15.0. The molecule has 1 heterocycles. The van der Waals surface area contributed by atoms with Crippen molar-refractivity contribution >= 4 is 21.5 Å². The maximum absolute atomic E-state index is 8.93. The van der Waals surface area contributed by atoms with Gasteiger partial charge < -0.3 is 0 Å². The third-order valence-corrected chi connectivity index (χ3v) is 7.33. The predicted molar refractivity (Wildman–Crippen MR) is 182 cm³/mol. The van der Waals surface area contributed by atoms with Crippen LogP contribution < -0.4 is 0 Å². The zero-order chi connectivity index (χ0) is 39.7. The minimum absolute atomic E-state index is 0.0408. The van der Waals surface area contributed by atoms with E-state index in [0.29, 0.717) is 5.56 Å². The molecule has 0 N–H and O–H groups in total. The second-order valence-electron chi connectivity index (χ2n) is 9.99. The molecule has 0 amide bonds. The molecule has 7 aromatic carbocycles. The number of hydrogen-bond acceptors (Lipinski definition) is 3.